The number of aliphatic hydroxyl groups excluding tert-OH is 2. The number of piperazine rings is 1. The summed E-state index contributed by atoms with van der Waals surface area (Å²) in [4.78, 5) is 4.55. The highest BCUT2D eigenvalue weighted by atomic mass is 19.1. The first kappa shape index (κ1) is 22.9. The summed E-state index contributed by atoms with van der Waals surface area (Å²) in [5.74, 6) is 0.600. The molecular formula is C24H32FN3O4. The van der Waals surface area contributed by atoms with E-state index in [0.717, 1.165) is 43.2 Å². The van der Waals surface area contributed by atoms with Gasteiger partial charge in [-0.3, -0.25) is 4.90 Å². The van der Waals surface area contributed by atoms with Crippen molar-refractivity contribution < 1.29 is 24.1 Å². The minimum Gasteiger partial charge on any atom is -0.495 e. The molecule has 0 saturated carbocycles. The van der Waals surface area contributed by atoms with Gasteiger partial charge in [-0.1, -0.05) is 24.3 Å². The lowest BCUT2D eigenvalue weighted by atomic mass is 10.0. The maximum Gasteiger partial charge on any atom is 0.142 e. The molecule has 0 radical (unpaired) electrons. The SMILES string of the molecule is COc1ccccc1N1CCN([C@H]2[C@H](O)[C@H](CO)O[C@@H]2CNCc2ccc(F)cc2)CC1. The lowest BCUT2D eigenvalue weighted by molar-refractivity contribution is -0.0213. The number of ether oxygens (including phenoxy) is 2. The van der Waals surface area contributed by atoms with Crippen molar-refractivity contribution >= 4 is 5.69 Å². The van der Waals surface area contributed by atoms with Crippen molar-refractivity contribution in [3.05, 3.63) is 59.9 Å². The second-order valence-electron chi connectivity index (χ2n) is 8.33. The number of para-hydroxylation sites is 2. The van der Waals surface area contributed by atoms with Gasteiger partial charge in [-0.2, -0.15) is 0 Å². The zero-order valence-corrected chi connectivity index (χ0v) is 18.4. The van der Waals surface area contributed by atoms with Crippen LogP contribution in [-0.4, -0.2) is 85.9 Å². The first-order valence-corrected chi connectivity index (χ1v) is 11.1. The first-order valence-electron chi connectivity index (χ1n) is 11.1. The third-order valence-electron chi connectivity index (χ3n) is 6.39. The number of rotatable bonds is 8. The van der Waals surface area contributed by atoms with Crippen molar-refractivity contribution in [2.24, 2.45) is 0 Å². The zero-order chi connectivity index (χ0) is 22.5. The molecule has 4 atom stereocenters. The molecule has 0 aliphatic carbocycles. The number of methoxy groups -OCH3 is 1. The quantitative estimate of drug-likeness (QED) is 0.564. The van der Waals surface area contributed by atoms with Gasteiger partial charge < -0.3 is 29.9 Å². The Bertz CT molecular complexity index is 861. The van der Waals surface area contributed by atoms with Crippen LogP contribution in [0.15, 0.2) is 48.5 Å². The lowest BCUT2D eigenvalue weighted by Gasteiger charge is -2.41. The van der Waals surface area contributed by atoms with E-state index in [2.05, 4.69) is 21.2 Å². The van der Waals surface area contributed by atoms with Crippen molar-refractivity contribution in [2.45, 2.75) is 30.9 Å². The Morgan fingerprint density at radius 2 is 1.78 bits per heavy atom. The van der Waals surface area contributed by atoms with Crippen LogP contribution in [0.3, 0.4) is 0 Å². The maximum absolute atomic E-state index is 13.1. The molecule has 2 aromatic carbocycles. The van der Waals surface area contributed by atoms with Crippen LogP contribution in [0, 0.1) is 5.82 Å². The van der Waals surface area contributed by atoms with Crippen LogP contribution in [0.5, 0.6) is 5.75 Å². The summed E-state index contributed by atoms with van der Waals surface area (Å²) >= 11 is 0. The van der Waals surface area contributed by atoms with Crippen LogP contribution >= 0.6 is 0 Å². The fraction of sp³-hybridized carbons (Fsp3) is 0.500. The number of anilines is 1. The number of benzene rings is 2. The average molecular weight is 446 g/mol. The number of nitrogens with zero attached hydrogens (tertiary/aromatic N) is 2. The van der Waals surface area contributed by atoms with Crippen molar-refractivity contribution in [3.8, 4) is 5.75 Å². The summed E-state index contributed by atoms with van der Waals surface area (Å²) < 4.78 is 24.6. The molecule has 0 bridgehead atoms. The second-order valence-corrected chi connectivity index (χ2v) is 8.33. The third-order valence-corrected chi connectivity index (χ3v) is 6.39. The highest BCUT2D eigenvalue weighted by Gasteiger charge is 2.46. The van der Waals surface area contributed by atoms with E-state index in [1.165, 1.54) is 12.1 Å². The summed E-state index contributed by atoms with van der Waals surface area (Å²) in [6, 6.07) is 14.2. The zero-order valence-electron chi connectivity index (χ0n) is 18.4. The number of hydrogen-bond donors (Lipinski definition) is 3. The van der Waals surface area contributed by atoms with Gasteiger partial charge in [-0.15, -0.1) is 0 Å². The summed E-state index contributed by atoms with van der Waals surface area (Å²) in [7, 11) is 1.68. The van der Waals surface area contributed by atoms with Crippen LogP contribution in [0.25, 0.3) is 0 Å². The van der Waals surface area contributed by atoms with Crippen molar-refractivity contribution in [2.75, 3.05) is 51.3 Å². The van der Waals surface area contributed by atoms with E-state index in [1.807, 2.05) is 18.2 Å². The number of hydrogen-bond acceptors (Lipinski definition) is 7. The third kappa shape index (κ3) is 5.05. The van der Waals surface area contributed by atoms with Crippen molar-refractivity contribution in [1.82, 2.24) is 10.2 Å². The van der Waals surface area contributed by atoms with Gasteiger partial charge >= 0.3 is 0 Å². The molecule has 2 saturated heterocycles. The van der Waals surface area contributed by atoms with E-state index in [9.17, 15) is 14.6 Å². The van der Waals surface area contributed by atoms with Gasteiger partial charge in [0.05, 0.1) is 31.5 Å². The van der Waals surface area contributed by atoms with Crippen molar-refractivity contribution in [3.63, 3.8) is 0 Å². The first-order chi connectivity index (χ1) is 15.6. The van der Waals surface area contributed by atoms with E-state index in [0.29, 0.717) is 13.1 Å². The molecule has 7 nitrogen and oxygen atoms in total. The molecule has 8 heteroatoms. The molecule has 0 spiro atoms. The Morgan fingerprint density at radius 3 is 2.47 bits per heavy atom. The Balaban J connectivity index is 1.37. The van der Waals surface area contributed by atoms with E-state index in [-0.39, 0.29) is 24.6 Å². The highest BCUT2D eigenvalue weighted by Crippen LogP contribution is 2.31. The van der Waals surface area contributed by atoms with Crippen LogP contribution < -0.4 is 15.0 Å². The fourth-order valence-electron chi connectivity index (χ4n) is 4.71. The Hall–Kier alpha value is -2.23. The molecule has 174 valence electrons. The molecule has 32 heavy (non-hydrogen) atoms. The highest BCUT2D eigenvalue weighted by molar-refractivity contribution is 5.58. The minimum absolute atomic E-state index is 0.201. The monoisotopic (exact) mass is 445 g/mol. The van der Waals surface area contributed by atoms with Gasteiger partial charge in [0, 0.05) is 39.3 Å². The second kappa shape index (κ2) is 10.6. The van der Waals surface area contributed by atoms with Crippen LogP contribution in [0.1, 0.15) is 5.56 Å². The summed E-state index contributed by atoms with van der Waals surface area (Å²) in [6.07, 6.45) is -1.60. The molecule has 2 aromatic rings. The van der Waals surface area contributed by atoms with E-state index >= 15 is 0 Å². The summed E-state index contributed by atoms with van der Waals surface area (Å²) in [5.41, 5.74) is 2.05. The van der Waals surface area contributed by atoms with Crippen molar-refractivity contribution in [1.29, 1.82) is 0 Å². The van der Waals surface area contributed by atoms with E-state index < -0.39 is 12.2 Å². The van der Waals surface area contributed by atoms with Gasteiger partial charge in [-0.05, 0) is 29.8 Å². The number of aliphatic hydroxyl groups is 2. The largest absolute Gasteiger partial charge is 0.495 e. The van der Waals surface area contributed by atoms with Crippen LogP contribution in [0.2, 0.25) is 0 Å². The van der Waals surface area contributed by atoms with E-state index in [4.69, 9.17) is 9.47 Å². The number of nitrogens with one attached hydrogen (secondary N) is 1. The fourth-order valence-corrected chi connectivity index (χ4v) is 4.71. The molecule has 2 heterocycles. The normalized spacial score (nSPS) is 26.4. The maximum atomic E-state index is 13.1. The molecule has 4 rings (SSSR count). The Kier molecular flexibility index (Phi) is 7.59. The molecular weight excluding hydrogens is 413 g/mol. The van der Waals surface area contributed by atoms with Crippen LogP contribution in [-0.2, 0) is 11.3 Å². The molecule has 0 amide bonds. The lowest BCUT2D eigenvalue weighted by Crippen LogP contribution is -2.57. The molecule has 2 aliphatic heterocycles. The molecule has 2 aliphatic rings. The minimum atomic E-state index is -0.754. The average Bonchev–Trinajstić information content (AvgIpc) is 3.15. The van der Waals surface area contributed by atoms with Gasteiger partial charge in [0.1, 0.15) is 23.8 Å². The summed E-state index contributed by atoms with van der Waals surface area (Å²) in [5, 5.41) is 23.9. The molecule has 0 unspecified atom stereocenters. The van der Waals surface area contributed by atoms with Crippen LogP contribution in [0.4, 0.5) is 10.1 Å². The van der Waals surface area contributed by atoms with Gasteiger partial charge in [0.2, 0.25) is 0 Å². The number of halogens is 1. The topological polar surface area (TPSA) is 77.4 Å². The molecule has 0 aromatic heterocycles. The Labute approximate surface area is 188 Å². The molecule has 2 fully saturated rings. The van der Waals surface area contributed by atoms with Gasteiger partial charge in [0.15, 0.2) is 0 Å². The standard InChI is InChI=1S/C24H32FN3O4/c1-31-20-5-3-2-4-19(20)27-10-12-28(13-11-27)23-21(32-22(16-29)24(23)30)15-26-14-17-6-8-18(25)9-7-17/h2-9,21-24,26,29-30H,10-16H2,1H3/t21-,22+,23-,24-/m1/s1. The van der Waals surface area contributed by atoms with Gasteiger partial charge in [-0.25, -0.2) is 4.39 Å². The predicted molar refractivity (Wildman–Crippen MR) is 120 cm³/mol. The Morgan fingerprint density at radius 1 is 1.06 bits per heavy atom. The summed E-state index contributed by atoms with van der Waals surface area (Å²) in [6.45, 7) is 4.06. The smallest absolute Gasteiger partial charge is 0.142 e. The van der Waals surface area contributed by atoms with E-state index in [1.54, 1.807) is 19.2 Å². The molecule has 3 N–H and O–H groups in total. The predicted octanol–water partition coefficient (Wildman–Crippen LogP) is 1.24. The van der Waals surface area contributed by atoms with Gasteiger partial charge in [0.25, 0.3) is 0 Å².